The lowest BCUT2D eigenvalue weighted by atomic mass is 10.3. The predicted octanol–water partition coefficient (Wildman–Crippen LogP) is 3.04. The Balaban J connectivity index is 0.000000240. The molecule has 0 saturated carbocycles. The Morgan fingerprint density at radius 1 is 0.667 bits per heavy atom. The quantitative estimate of drug-likeness (QED) is 0.619. The molecule has 2 rings (SSSR count). The van der Waals surface area contributed by atoms with Crippen LogP contribution in [0.15, 0.2) is 70.6 Å². The van der Waals surface area contributed by atoms with Gasteiger partial charge in [0.05, 0.1) is 0 Å². The number of carbonyl (C=O) groups excluding carboxylic acids is 4. The van der Waals surface area contributed by atoms with Crippen LogP contribution >= 0.6 is 0 Å². The number of hydrogen-bond donors (Lipinski definition) is 0. The molecule has 0 saturated heterocycles. The summed E-state index contributed by atoms with van der Waals surface area (Å²) in [5.41, 5.74) is 0. The smallest absolute Gasteiger partial charge is 0.408 e. The standard InChI is InChI=1S/2C8H5NO3/c2*10-6-9-8(11)12-7-4-2-1-3-5-7/h2*1-5H. The summed E-state index contributed by atoms with van der Waals surface area (Å²) in [5, 5.41) is 0. The van der Waals surface area contributed by atoms with Gasteiger partial charge < -0.3 is 9.47 Å². The highest BCUT2D eigenvalue weighted by Gasteiger charge is 2.00. The van der Waals surface area contributed by atoms with Gasteiger partial charge >= 0.3 is 12.2 Å². The highest BCUT2D eigenvalue weighted by Crippen LogP contribution is 2.09. The van der Waals surface area contributed by atoms with Crippen molar-refractivity contribution in [1.29, 1.82) is 0 Å². The zero-order valence-corrected chi connectivity index (χ0v) is 12.1. The molecule has 0 heterocycles. The molecular formula is C16H10N2O6. The molecule has 2 amide bonds. The third-order valence-corrected chi connectivity index (χ3v) is 2.17. The van der Waals surface area contributed by atoms with E-state index in [1.54, 1.807) is 60.7 Å². The second-order valence-corrected chi connectivity index (χ2v) is 3.77. The fourth-order valence-electron chi connectivity index (χ4n) is 1.30. The molecule has 0 fully saturated rings. The van der Waals surface area contributed by atoms with Gasteiger partial charge in [0.1, 0.15) is 11.5 Å². The van der Waals surface area contributed by atoms with Gasteiger partial charge in [0, 0.05) is 0 Å². The number of rotatable bonds is 2. The molecule has 0 aliphatic rings. The van der Waals surface area contributed by atoms with E-state index < -0.39 is 12.2 Å². The molecule has 0 aromatic heterocycles. The fourth-order valence-corrected chi connectivity index (χ4v) is 1.30. The molecule has 0 atom stereocenters. The maximum atomic E-state index is 10.6. The molecule has 8 nitrogen and oxygen atoms in total. The summed E-state index contributed by atoms with van der Waals surface area (Å²) in [5.74, 6) is 0.697. The number of carbonyl (C=O) groups is 2. The zero-order chi connectivity index (χ0) is 17.6. The fraction of sp³-hybridized carbons (Fsp3) is 0. The summed E-state index contributed by atoms with van der Waals surface area (Å²) in [6.07, 6.45) is 0.253. The van der Waals surface area contributed by atoms with Gasteiger partial charge in [-0.1, -0.05) is 46.4 Å². The predicted molar refractivity (Wildman–Crippen MR) is 81.2 cm³/mol. The lowest BCUT2D eigenvalue weighted by Crippen LogP contribution is -2.00. The van der Waals surface area contributed by atoms with Gasteiger partial charge in [0.25, 0.3) is 0 Å². The van der Waals surface area contributed by atoms with E-state index in [2.05, 4.69) is 19.5 Å². The second kappa shape index (κ2) is 10.8. The van der Waals surface area contributed by atoms with E-state index >= 15 is 0 Å². The number of hydrogen-bond acceptors (Lipinski definition) is 6. The first-order chi connectivity index (χ1) is 11.7. The SMILES string of the molecule is O=C=NC(=O)Oc1ccccc1.O=C=NC(=O)Oc1ccccc1. The molecule has 2 aromatic carbocycles. The number of amides is 2. The van der Waals surface area contributed by atoms with Crippen LogP contribution in [0.5, 0.6) is 11.5 Å². The molecule has 2 aromatic rings. The largest absolute Gasteiger partial charge is 0.450 e. The molecular weight excluding hydrogens is 316 g/mol. The molecule has 24 heavy (non-hydrogen) atoms. The van der Waals surface area contributed by atoms with E-state index in [0.717, 1.165) is 12.2 Å². The summed E-state index contributed by atoms with van der Waals surface area (Å²) in [7, 11) is 0. The van der Waals surface area contributed by atoms with Crippen LogP contribution < -0.4 is 9.47 Å². The molecule has 8 heteroatoms. The molecule has 0 aliphatic heterocycles. The van der Waals surface area contributed by atoms with Crippen molar-refractivity contribution in [3.63, 3.8) is 0 Å². The number of isocyanates is 2. The van der Waals surface area contributed by atoms with Gasteiger partial charge in [-0.2, -0.15) is 0 Å². The average molecular weight is 326 g/mol. The summed E-state index contributed by atoms with van der Waals surface area (Å²) < 4.78 is 9.17. The monoisotopic (exact) mass is 326 g/mol. The molecule has 0 aliphatic carbocycles. The van der Waals surface area contributed by atoms with Crippen molar-refractivity contribution >= 4 is 24.3 Å². The number of aliphatic imine (C=N–C) groups is 2. The maximum Gasteiger partial charge on any atom is 0.450 e. The number of nitrogens with zero attached hydrogens (tertiary/aromatic N) is 2. The molecule has 0 unspecified atom stereocenters. The van der Waals surface area contributed by atoms with Crippen LogP contribution in [0.3, 0.4) is 0 Å². The van der Waals surface area contributed by atoms with Crippen molar-refractivity contribution in [3.05, 3.63) is 60.7 Å². The summed E-state index contributed by atoms with van der Waals surface area (Å²) in [6, 6.07) is 16.7. The van der Waals surface area contributed by atoms with Crippen molar-refractivity contribution in [2.75, 3.05) is 0 Å². The van der Waals surface area contributed by atoms with Gasteiger partial charge in [-0.15, -0.1) is 0 Å². The Kier molecular flexibility index (Phi) is 8.19. The van der Waals surface area contributed by atoms with Crippen LogP contribution in [0.2, 0.25) is 0 Å². The third-order valence-electron chi connectivity index (χ3n) is 2.17. The van der Waals surface area contributed by atoms with E-state index in [1.165, 1.54) is 0 Å². The Bertz CT molecular complexity index is 696. The van der Waals surface area contributed by atoms with Crippen molar-refractivity contribution in [2.45, 2.75) is 0 Å². The van der Waals surface area contributed by atoms with Gasteiger partial charge in [0.2, 0.25) is 12.2 Å². The topological polar surface area (TPSA) is 111 Å². The minimum atomic E-state index is -0.962. The molecule has 120 valence electrons. The third kappa shape index (κ3) is 7.80. The van der Waals surface area contributed by atoms with Gasteiger partial charge in [-0.25, -0.2) is 19.2 Å². The van der Waals surface area contributed by atoms with Crippen LogP contribution in [0.4, 0.5) is 9.59 Å². The van der Waals surface area contributed by atoms with Crippen LogP contribution in [0, 0.1) is 0 Å². The minimum Gasteiger partial charge on any atom is -0.408 e. The molecule has 0 spiro atoms. The van der Waals surface area contributed by atoms with Gasteiger partial charge in [-0.3, -0.25) is 0 Å². The van der Waals surface area contributed by atoms with Crippen molar-refractivity contribution < 1.29 is 28.7 Å². The van der Waals surface area contributed by atoms with E-state index in [0.29, 0.717) is 11.5 Å². The highest BCUT2D eigenvalue weighted by molar-refractivity contribution is 5.76. The number of ether oxygens (including phenoxy) is 2. The van der Waals surface area contributed by atoms with Crippen LogP contribution in [0.1, 0.15) is 0 Å². The summed E-state index contributed by atoms with van der Waals surface area (Å²) in [4.78, 5) is 45.9. The summed E-state index contributed by atoms with van der Waals surface area (Å²) >= 11 is 0. The lowest BCUT2D eigenvalue weighted by Gasteiger charge is -1.96. The van der Waals surface area contributed by atoms with Crippen LogP contribution in [-0.4, -0.2) is 24.3 Å². The molecule has 0 N–H and O–H groups in total. The molecule has 0 radical (unpaired) electrons. The summed E-state index contributed by atoms with van der Waals surface area (Å²) in [6.45, 7) is 0. The first-order valence-corrected chi connectivity index (χ1v) is 6.35. The van der Waals surface area contributed by atoms with Gasteiger partial charge in [0.15, 0.2) is 0 Å². The van der Waals surface area contributed by atoms with Crippen molar-refractivity contribution in [3.8, 4) is 11.5 Å². The van der Waals surface area contributed by atoms with E-state index in [4.69, 9.17) is 0 Å². The number of benzene rings is 2. The normalized spacial score (nSPS) is 8.33. The van der Waals surface area contributed by atoms with Crippen molar-refractivity contribution in [1.82, 2.24) is 0 Å². The van der Waals surface area contributed by atoms with E-state index in [9.17, 15) is 19.2 Å². The van der Waals surface area contributed by atoms with Crippen molar-refractivity contribution in [2.24, 2.45) is 9.98 Å². The Labute approximate surface area is 136 Å². The lowest BCUT2D eigenvalue weighted by molar-refractivity contribution is 0.210. The second-order valence-electron chi connectivity index (χ2n) is 3.77. The minimum absolute atomic E-state index is 0.349. The Hall–Kier alpha value is -3.86. The number of para-hydroxylation sites is 2. The highest BCUT2D eigenvalue weighted by atomic mass is 16.6. The zero-order valence-electron chi connectivity index (χ0n) is 12.1. The van der Waals surface area contributed by atoms with Gasteiger partial charge in [-0.05, 0) is 24.3 Å². The first kappa shape index (κ1) is 18.2. The maximum absolute atomic E-state index is 10.6. The van der Waals surface area contributed by atoms with Crippen LogP contribution in [0.25, 0.3) is 0 Å². The van der Waals surface area contributed by atoms with E-state index in [-0.39, 0.29) is 0 Å². The van der Waals surface area contributed by atoms with Crippen LogP contribution in [-0.2, 0) is 9.59 Å². The first-order valence-electron chi connectivity index (χ1n) is 6.35. The molecule has 0 bridgehead atoms. The average Bonchev–Trinajstić information content (AvgIpc) is 2.58. The Morgan fingerprint density at radius 3 is 1.29 bits per heavy atom. The Morgan fingerprint density at radius 2 is 1.00 bits per heavy atom. The van der Waals surface area contributed by atoms with E-state index in [1.807, 2.05) is 0 Å².